The van der Waals surface area contributed by atoms with Gasteiger partial charge in [0.15, 0.2) is 0 Å². The van der Waals surface area contributed by atoms with Crippen LogP contribution in [0.4, 0.5) is 4.39 Å². The van der Waals surface area contributed by atoms with Crippen LogP contribution in [0.25, 0.3) is 0 Å². The summed E-state index contributed by atoms with van der Waals surface area (Å²) in [7, 11) is 0. The molecule has 0 N–H and O–H groups in total. The van der Waals surface area contributed by atoms with Gasteiger partial charge in [0.2, 0.25) is 5.91 Å². The Labute approximate surface area is 107 Å². The van der Waals surface area contributed by atoms with E-state index < -0.39 is 0 Å². The average Bonchev–Trinajstić information content (AvgIpc) is 2.38. The molecule has 0 saturated carbocycles. The number of amides is 1. The quantitative estimate of drug-likeness (QED) is 0.825. The number of halogens is 1. The van der Waals surface area contributed by atoms with Crippen LogP contribution in [0.3, 0.4) is 0 Å². The highest BCUT2D eigenvalue weighted by Gasteiger charge is 2.23. The van der Waals surface area contributed by atoms with Gasteiger partial charge in [-0.2, -0.15) is 0 Å². The molecule has 0 spiro atoms. The average molecular weight is 251 g/mol. The highest BCUT2D eigenvalue weighted by atomic mass is 19.1. The number of ether oxygens (including phenoxy) is 1. The van der Waals surface area contributed by atoms with E-state index in [0.29, 0.717) is 12.8 Å². The van der Waals surface area contributed by atoms with Gasteiger partial charge in [0.25, 0.3) is 0 Å². The fourth-order valence-electron chi connectivity index (χ4n) is 2.13. The molecule has 98 valence electrons. The highest BCUT2D eigenvalue weighted by molar-refractivity contribution is 5.76. The van der Waals surface area contributed by atoms with E-state index in [1.54, 1.807) is 17.0 Å². The Kier molecular flexibility index (Phi) is 4.31. The molecule has 1 aromatic rings. The molecule has 1 heterocycles. The fraction of sp³-hybridized carbons (Fsp3) is 0.500. The minimum atomic E-state index is -0.247. The largest absolute Gasteiger partial charge is 0.359 e. The highest BCUT2D eigenvalue weighted by Crippen LogP contribution is 2.13. The molecule has 0 bridgehead atoms. The Hall–Kier alpha value is -1.42. The van der Waals surface area contributed by atoms with Crippen molar-refractivity contribution in [1.82, 2.24) is 4.90 Å². The summed E-state index contributed by atoms with van der Waals surface area (Å²) >= 11 is 0. The van der Waals surface area contributed by atoms with Crippen LogP contribution in [0.1, 0.15) is 25.3 Å². The number of carbonyl (C=O) groups excluding carboxylic acids is 1. The third kappa shape index (κ3) is 3.29. The lowest BCUT2D eigenvalue weighted by atomic mass is 10.1. The van der Waals surface area contributed by atoms with E-state index in [0.717, 1.165) is 25.1 Å². The lowest BCUT2D eigenvalue weighted by Gasteiger charge is -2.33. The standard InChI is InChI=1S/C14H18FNO2/c1-11-16(9-2-10-18-11)14(17)8-5-12-3-6-13(15)7-4-12/h3-4,6-7,11H,2,5,8-10H2,1H3. The maximum absolute atomic E-state index is 12.7. The van der Waals surface area contributed by atoms with Crippen LogP contribution < -0.4 is 0 Å². The molecule has 1 amide bonds. The topological polar surface area (TPSA) is 29.5 Å². The second-order valence-corrected chi connectivity index (χ2v) is 4.54. The number of hydrogen-bond donors (Lipinski definition) is 0. The van der Waals surface area contributed by atoms with Gasteiger partial charge in [0.1, 0.15) is 12.0 Å². The van der Waals surface area contributed by atoms with Gasteiger partial charge in [-0.25, -0.2) is 4.39 Å². The van der Waals surface area contributed by atoms with Crippen molar-refractivity contribution >= 4 is 5.91 Å². The predicted molar refractivity (Wildman–Crippen MR) is 66.5 cm³/mol. The Morgan fingerprint density at radius 3 is 2.83 bits per heavy atom. The van der Waals surface area contributed by atoms with E-state index in [2.05, 4.69) is 0 Å². The fourth-order valence-corrected chi connectivity index (χ4v) is 2.13. The first-order valence-electron chi connectivity index (χ1n) is 6.32. The number of benzene rings is 1. The molecule has 3 nitrogen and oxygen atoms in total. The van der Waals surface area contributed by atoms with Crippen LogP contribution in [0, 0.1) is 5.82 Å². The van der Waals surface area contributed by atoms with E-state index in [1.807, 2.05) is 6.92 Å². The summed E-state index contributed by atoms with van der Waals surface area (Å²) in [4.78, 5) is 13.8. The first-order chi connectivity index (χ1) is 8.66. The maximum Gasteiger partial charge on any atom is 0.224 e. The Morgan fingerprint density at radius 1 is 1.44 bits per heavy atom. The molecule has 1 aromatic carbocycles. The van der Waals surface area contributed by atoms with Crippen LogP contribution in [0.5, 0.6) is 0 Å². The summed E-state index contributed by atoms with van der Waals surface area (Å²) in [5.74, 6) is -0.144. The van der Waals surface area contributed by atoms with Crippen molar-refractivity contribution in [2.24, 2.45) is 0 Å². The van der Waals surface area contributed by atoms with Gasteiger partial charge in [-0.15, -0.1) is 0 Å². The van der Waals surface area contributed by atoms with Crippen molar-refractivity contribution in [3.63, 3.8) is 0 Å². The lowest BCUT2D eigenvalue weighted by Crippen LogP contribution is -2.44. The molecule has 0 aromatic heterocycles. The van der Waals surface area contributed by atoms with Gasteiger partial charge >= 0.3 is 0 Å². The zero-order chi connectivity index (χ0) is 13.0. The predicted octanol–water partition coefficient (Wildman–Crippen LogP) is 2.35. The zero-order valence-corrected chi connectivity index (χ0v) is 10.6. The van der Waals surface area contributed by atoms with Crippen LogP contribution in [0.2, 0.25) is 0 Å². The van der Waals surface area contributed by atoms with Crippen molar-refractivity contribution < 1.29 is 13.9 Å². The third-order valence-corrected chi connectivity index (χ3v) is 3.20. The first-order valence-corrected chi connectivity index (χ1v) is 6.32. The molecule has 1 aliphatic heterocycles. The SMILES string of the molecule is CC1OCCCN1C(=O)CCc1ccc(F)cc1. The zero-order valence-electron chi connectivity index (χ0n) is 10.6. The molecule has 4 heteroatoms. The van der Waals surface area contributed by atoms with Crippen molar-refractivity contribution in [2.45, 2.75) is 32.4 Å². The third-order valence-electron chi connectivity index (χ3n) is 3.20. The van der Waals surface area contributed by atoms with Gasteiger partial charge in [0.05, 0.1) is 6.61 Å². The first kappa shape index (κ1) is 13.0. The van der Waals surface area contributed by atoms with Gasteiger partial charge in [-0.05, 0) is 37.5 Å². The number of hydrogen-bond acceptors (Lipinski definition) is 2. The van der Waals surface area contributed by atoms with Gasteiger partial charge < -0.3 is 9.64 Å². The monoisotopic (exact) mass is 251 g/mol. The van der Waals surface area contributed by atoms with Crippen LogP contribution >= 0.6 is 0 Å². The van der Waals surface area contributed by atoms with Crippen molar-refractivity contribution in [1.29, 1.82) is 0 Å². The minimum absolute atomic E-state index is 0.103. The van der Waals surface area contributed by atoms with Crippen LogP contribution in [0.15, 0.2) is 24.3 Å². The molecule has 1 unspecified atom stereocenters. The van der Waals surface area contributed by atoms with Gasteiger partial charge in [-0.3, -0.25) is 4.79 Å². The molecule has 1 aliphatic rings. The molecular weight excluding hydrogens is 233 g/mol. The maximum atomic E-state index is 12.7. The van der Waals surface area contributed by atoms with Crippen molar-refractivity contribution in [3.8, 4) is 0 Å². The second kappa shape index (κ2) is 5.96. The summed E-state index contributed by atoms with van der Waals surface area (Å²) in [6.07, 6.45) is 1.85. The van der Waals surface area contributed by atoms with E-state index in [-0.39, 0.29) is 18.0 Å². The summed E-state index contributed by atoms with van der Waals surface area (Å²) < 4.78 is 18.2. The molecule has 0 radical (unpaired) electrons. The molecule has 1 atom stereocenters. The smallest absolute Gasteiger partial charge is 0.224 e. The molecule has 2 rings (SSSR count). The Bertz CT molecular complexity index is 405. The minimum Gasteiger partial charge on any atom is -0.359 e. The van der Waals surface area contributed by atoms with E-state index in [9.17, 15) is 9.18 Å². The van der Waals surface area contributed by atoms with Crippen LogP contribution in [-0.2, 0) is 16.0 Å². The second-order valence-electron chi connectivity index (χ2n) is 4.54. The number of rotatable bonds is 3. The summed E-state index contributed by atoms with van der Waals surface area (Å²) in [5, 5.41) is 0. The van der Waals surface area contributed by atoms with Gasteiger partial charge in [0, 0.05) is 13.0 Å². The summed E-state index contributed by atoms with van der Waals surface area (Å²) in [6.45, 7) is 3.39. The molecule has 1 saturated heterocycles. The molecule has 0 aliphatic carbocycles. The molecular formula is C14H18FNO2. The number of aryl methyl sites for hydroxylation is 1. The van der Waals surface area contributed by atoms with Crippen molar-refractivity contribution in [2.75, 3.05) is 13.2 Å². The Balaban J connectivity index is 1.85. The normalized spacial score (nSPS) is 19.9. The lowest BCUT2D eigenvalue weighted by molar-refractivity contribution is -0.151. The molecule has 18 heavy (non-hydrogen) atoms. The van der Waals surface area contributed by atoms with E-state index in [1.165, 1.54) is 12.1 Å². The Morgan fingerprint density at radius 2 is 2.17 bits per heavy atom. The van der Waals surface area contributed by atoms with E-state index >= 15 is 0 Å². The number of nitrogens with zero attached hydrogens (tertiary/aromatic N) is 1. The van der Waals surface area contributed by atoms with Gasteiger partial charge in [-0.1, -0.05) is 12.1 Å². The van der Waals surface area contributed by atoms with Crippen molar-refractivity contribution in [3.05, 3.63) is 35.6 Å². The van der Waals surface area contributed by atoms with Crippen LogP contribution in [-0.4, -0.2) is 30.2 Å². The number of carbonyl (C=O) groups is 1. The summed E-state index contributed by atoms with van der Waals surface area (Å²) in [6, 6.07) is 6.29. The van der Waals surface area contributed by atoms with E-state index in [4.69, 9.17) is 4.74 Å². The summed E-state index contributed by atoms with van der Waals surface area (Å²) in [5.41, 5.74) is 0.982. The molecule has 1 fully saturated rings.